The number of carbonyl (C=O) groups is 2. The average Bonchev–Trinajstić information content (AvgIpc) is 3.06. The maximum absolute atomic E-state index is 14.6. The number of benzene rings is 4. The zero-order chi connectivity index (χ0) is 34.1. The second kappa shape index (κ2) is 16.3. The number of hydrogen-bond donors (Lipinski definition) is 1. The van der Waals surface area contributed by atoms with Crippen LogP contribution in [0.1, 0.15) is 37.0 Å². The Morgan fingerprint density at radius 1 is 0.936 bits per heavy atom. The van der Waals surface area contributed by atoms with Crippen LogP contribution < -0.4 is 14.4 Å². The largest absolute Gasteiger partial charge is 0.495 e. The Labute approximate surface area is 290 Å². The van der Waals surface area contributed by atoms with Gasteiger partial charge in [-0.2, -0.15) is 0 Å². The van der Waals surface area contributed by atoms with Crippen molar-refractivity contribution in [1.82, 2.24) is 10.2 Å². The normalized spacial score (nSPS) is 12.6. The molecule has 1 N–H and O–H groups in total. The van der Waals surface area contributed by atoms with Gasteiger partial charge in [0.15, 0.2) is 0 Å². The lowest BCUT2D eigenvalue weighted by molar-refractivity contribution is -0.140. The number of amides is 2. The summed E-state index contributed by atoms with van der Waals surface area (Å²) >= 11 is 9.91. The maximum Gasteiger partial charge on any atom is 0.264 e. The fourth-order valence-electron chi connectivity index (χ4n) is 4.96. The highest BCUT2D eigenvalue weighted by molar-refractivity contribution is 9.10. The quantitative estimate of drug-likeness (QED) is 0.148. The first-order valence-electron chi connectivity index (χ1n) is 15.2. The van der Waals surface area contributed by atoms with Gasteiger partial charge in [0, 0.05) is 23.5 Å². The fraction of sp³-hybridized carbons (Fsp3) is 0.278. The SMILES string of the molecule is CC[C@@H](C)NC(=O)[C@@H](Cc1ccccc1)N(Cc1ccc(Br)cc1)C(=O)CN(c1ccc(OC)c(Cl)c1)S(=O)(=O)c1ccc(C)cc1. The van der Waals surface area contributed by atoms with Crippen molar-refractivity contribution in [3.8, 4) is 5.75 Å². The Kier molecular flexibility index (Phi) is 12.5. The van der Waals surface area contributed by atoms with E-state index in [0.29, 0.717) is 12.2 Å². The zero-order valence-electron chi connectivity index (χ0n) is 26.8. The van der Waals surface area contributed by atoms with E-state index in [9.17, 15) is 18.0 Å². The zero-order valence-corrected chi connectivity index (χ0v) is 30.0. The van der Waals surface area contributed by atoms with Gasteiger partial charge in [0.1, 0.15) is 18.3 Å². The Balaban J connectivity index is 1.83. The number of sulfonamides is 1. The van der Waals surface area contributed by atoms with Gasteiger partial charge in [0.25, 0.3) is 10.0 Å². The minimum absolute atomic E-state index is 0.0117. The molecule has 0 spiro atoms. The van der Waals surface area contributed by atoms with Crippen molar-refractivity contribution < 1.29 is 22.7 Å². The number of anilines is 1. The number of aryl methyl sites for hydroxylation is 1. The van der Waals surface area contributed by atoms with E-state index in [0.717, 1.165) is 25.5 Å². The molecule has 0 aromatic heterocycles. The molecule has 0 aliphatic carbocycles. The summed E-state index contributed by atoms with van der Waals surface area (Å²) < 4.78 is 35.7. The lowest BCUT2D eigenvalue weighted by atomic mass is 10.0. The van der Waals surface area contributed by atoms with Gasteiger partial charge in [-0.1, -0.05) is 94.6 Å². The van der Waals surface area contributed by atoms with E-state index in [-0.39, 0.29) is 40.5 Å². The molecule has 2 amide bonds. The summed E-state index contributed by atoms with van der Waals surface area (Å²) in [5, 5.41) is 3.23. The molecule has 0 unspecified atom stereocenters. The molecule has 2 atom stereocenters. The molecule has 4 aromatic rings. The van der Waals surface area contributed by atoms with Crippen LogP contribution in [0.4, 0.5) is 5.69 Å². The number of carbonyl (C=O) groups excluding carboxylic acids is 2. The molecule has 0 heterocycles. The summed E-state index contributed by atoms with van der Waals surface area (Å²) in [6, 6.07) is 26.8. The molecule has 248 valence electrons. The van der Waals surface area contributed by atoms with Crippen molar-refractivity contribution in [3.63, 3.8) is 0 Å². The second-order valence-corrected chi connectivity index (χ2v) is 14.5. The van der Waals surface area contributed by atoms with Crippen LogP contribution in [-0.4, -0.2) is 50.9 Å². The summed E-state index contributed by atoms with van der Waals surface area (Å²) in [5.41, 5.74) is 2.70. The molecule has 0 aliphatic heterocycles. The monoisotopic (exact) mass is 739 g/mol. The molecule has 47 heavy (non-hydrogen) atoms. The summed E-state index contributed by atoms with van der Waals surface area (Å²) in [5.74, 6) is -0.527. The number of methoxy groups -OCH3 is 1. The lowest BCUT2D eigenvalue weighted by Gasteiger charge is -2.34. The minimum Gasteiger partial charge on any atom is -0.495 e. The third-order valence-electron chi connectivity index (χ3n) is 7.85. The molecule has 8 nitrogen and oxygen atoms in total. The molecule has 0 saturated carbocycles. The minimum atomic E-state index is -4.26. The van der Waals surface area contributed by atoms with Crippen molar-refractivity contribution in [3.05, 3.63) is 123 Å². The summed E-state index contributed by atoms with van der Waals surface area (Å²) in [6.07, 6.45) is 0.926. The summed E-state index contributed by atoms with van der Waals surface area (Å²) in [7, 11) is -2.80. The molecule has 4 aromatic carbocycles. The first kappa shape index (κ1) is 36.0. The van der Waals surface area contributed by atoms with E-state index in [1.165, 1.54) is 30.2 Å². The maximum atomic E-state index is 14.6. The van der Waals surface area contributed by atoms with Crippen LogP contribution in [0.15, 0.2) is 106 Å². The number of rotatable bonds is 14. The van der Waals surface area contributed by atoms with E-state index in [4.69, 9.17) is 16.3 Å². The average molecular weight is 741 g/mol. The summed E-state index contributed by atoms with van der Waals surface area (Å²) in [4.78, 5) is 30.0. The predicted octanol–water partition coefficient (Wildman–Crippen LogP) is 7.17. The fourth-order valence-corrected chi connectivity index (χ4v) is 6.88. The van der Waals surface area contributed by atoms with Crippen molar-refractivity contribution in [1.29, 1.82) is 0 Å². The highest BCUT2D eigenvalue weighted by Crippen LogP contribution is 2.32. The standard InChI is InChI=1S/C36H39BrClN3O5S/c1-5-26(3)39-36(43)33(21-27-9-7-6-8-10-27)40(23-28-13-15-29(37)16-14-28)35(42)24-41(30-17-20-34(46-4)32(38)22-30)47(44,45)31-18-11-25(2)12-19-31/h6-20,22,26,33H,5,21,23-24H2,1-4H3,(H,39,43)/t26-,33-/m1/s1. The Morgan fingerprint density at radius 2 is 1.60 bits per heavy atom. The highest BCUT2D eigenvalue weighted by Gasteiger charge is 2.35. The molecule has 0 radical (unpaired) electrons. The van der Waals surface area contributed by atoms with Crippen LogP contribution in [0.5, 0.6) is 5.75 Å². The predicted molar refractivity (Wildman–Crippen MR) is 190 cm³/mol. The van der Waals surface area contributed by atoms with Crippen LogP contribution >= 0.6 is 27.5 Å². The lowest BCUT2D eigenvalue weighted by Crippen LogP contribution is -2.54. The van der Waals surface area contributed by atoms with Gasteiger partial charge in [0.2, 0.25) is 11.8 Å². The number of hydrogen-bond acceptors (Lipinski definition) is 5. The van der Waals surface area contributed by atoms with Crippen molar-refractivity contribution in [2.75, 3.05) is 18.0 Å². The second-order valence-electron chi connectivity index (χ2n) is 11.3. The van der Waals surface area contributed by atoms with Crippen molar-refractivity contribution in [2.24, 2.45) is 0 Å². The van der Waals surface area contributed by atoms with Crippen LogP contribution in [-0.2, 0) is 32.6 Å². The Bertz CT molecular complexity index is 1770. The Morgan fingerprint density at radius 3 is 2.19 bits per heavy atom. The van der Waals surface area contributed by atoms with E-state index in [1.54, 1.807) is 24.3 Å². The topological polar surface area (TPSA) is 96.0 Å². The van der Waals surface area contributed by atoms with Crippen molar-refractivity contribution in [2.45, 2.75) is 57.1 Å². The molecule has 0 fully saturated rings. The number of nitrogens with zero attached hydrogens (tertiary/aromatic N) is 2. The molecule has 0 aliphatic rings. The van der Waals surface area contributed by atoms with Crippen molar-refractivity contribution >= 4 is 55.1 Å². The molecule has 0 bridgehead atoms. The van der Waals surface area contributed by atoms with E-state index in [2.05, 4.69) is 21.2 Å². The van der Waals surface area contributed by atoms with E-state index >= 15 is 0 Å². The van der Waals surface area contributed by atoms with Gasteiger partial charge in [0.05, 0.1) is 22.7 Å². The highest BCUT2D eigenvalue weighted by atomic mass is 79.9. The Hall–Kier alpha value is -3.86. The molecular formula is C36H39BrClN3O5S. The smallest absolute Gasteiger partial charge is 0.264 e. The van der Waals surface area contributed by atoms with Gasteiger partial charge < -0.3 is 15.0 Å². The van der Waals surface area contributed by atoms with Crippen LogP contribution in [0.2, 0.25) is 5.02 Å². The number of ether oxygens (including phenoxy) is 1. The molecule has 0 saturated heterocycles. The number of halogens is 2. The van der Waals surface area contributed by atoms with Gasteiger partial charge in [-0.15, -0.1) is 0 Å². The van der Waals surface area contributed by atoms with E-state index in [1.807, 2.05) is 75.4 Å². The van der Waals surface area contributed by atoms with Gasteiger partial charge in [-0.3, -0.25) is 13.9 Å². The molecule has 11 heteroatoms. The van der Waals surface area contributed by atoms with E-state index < -0.39 is 28.5 Å². The first-order chi connectivity index (χ1) is 22.4. The van der Waals surface area contributed by atoms with Crippen LogP contribution in [0.3, 0.4) is 0 Å². The van der Waals surface area contributed by atoms with Gasteiger partial charge in [-0.05, 0) is 73.9 Å². The van der Waals surface area contributed by atoms with Gasteiger partial charge in [-0.25, -0.2) is 8.42 Å². The molecular weight excluding hydrogens is 702 g/mol. The number of nitrogens with one attached hydrogen (secondary N) is 1. The van der Waals surface area contributed by atoms with Crippen LogP contribution in [0, 0.1) is 6.92 Å². The third-order valence-corrected chi connectivity index (χ3v) is 10.5. The van der Waals surface area contributed by atoms with Gasteiger partial charge >= 0.3 is 0 Å². The summed E-state index contributed by atoms with van der Waals surface area (Å²) in [6.45, 7) is 5.21. The molecule has 4 rings (SSSR count). The first-order valence-corrected chi connectivity index (χ1v) is 17.8. The third kappa shape index (κ3) is 9.37. The van der Waals surface area contributed by atoms with Crippen LogP contribution in [0.25, 0.3) is 0 Å².